The highest BCUT2D eigenvalue weighted by Crippen LogP contribution is 2.19. The number of hydrogen-bond donors (Lipinski definition) is 1. The largest absolute Gasteiger partial charge is 0.309 e. The van der Waals surface area contributed by atoms with E-state index in [1.807, 2.05) is 31.3 Å². The molecule has 2 nitrogen and oxygen atoms in total. The minimum absolute atomic E-state index is 0.0660. The minimum atomic E-state index is -2.42. The third-order valence-corrected chi connectivity index (χ3v) is 2.83. The molecule has 0 bridgehead atoms. The molecule has 0 aliphatic heterocycles. The second-order valence-electron chi connectivity index (χ2n) is 4.46. The van der Waals surface area contributed by atoms with E-state index < -0.39 is 6.43 Å². The van der Waals surface area contributed by atoms with Gasteiger partial charge in [-0.15, -0.1) is 0 Å². The van der Waals surface area contributed by atoms with Crippen molar-refractivity contribution in [2.24, 2.45) is 0 Å². The molecule has 4 heteroatoms. The van der Waals surface area contributed by atoms with E-state index in [0.717, 1.165) is 16.8 Å². The zero-order valence-corrected chi connectivity index (χ0v) is 10.7. The summed E-state index contributed by atoms with van der Waals surface area (Å²) >= 11 is 0. The van der Waals surface area contributed by atoms with Crippen LogP contribution in [0, 0.1) is 6.92 Å². The molecule has 1 heterocycles. The summed E-state index contributed by atoms with van der Waals surface area (Å²) in [6, 6.07) is 10.4. The molecule has 0 spiro atoms. The minimum Gasteiger partial charge on any atom is -0.309 e. The van der Waals surface area contributed by atoms with Crippen molar-refractivity contribution >= 4 is 0 Å². The molecule has 0 amide bonds. The fourth-order valence-electron chi connectivity index (χ4n) is 1.79. The van der Waals surface area contributed by atoms with Crippen LogP contribution in [0.25, 0.3) is 0 Å². The Labute approximate surface area is 111 Å². The van der Waals surface area contributed by atoms with Crippen molar-refractivity contribution in [3.63, 3.8) is 0 Å². The van der Waals surface area contributed by atoms with Crippen molar-refractivity contribution in [3.05, 3.63) is 65.0 Å². The molecule has 2 rings (SSSR count). The van der Waals surface area contributed by atoms with Crippen LogP contribution in [0.5, 0.6) is 0 Å². The molecule has 0 fully saturated rings. The summed E-state index contributed by atoms with van der Waals surface area (Å²) in [4.78, 5) is 4.20. The Balaban J connectivity index is 1.88. The highest BCUT2D eigenvalue weighted by molar-refractivity contribution is 5.24. The topological polar surface area (TPSA) is 24.9 Å². The van der Waals surface area contributed by atoms with Crippen molar-refractivity contribution in [2.75, 3.05) is 0 Å². The number of hydrogen-bond acceptors (Lipinski definition) is 2. The number of nitrogens with one attached hydrogen (secondary N) is 1. The van der Waals surface area contributed by atoms with Gasteiger partial charge in [0.2, 0.25) is 0 Å². The number of rotatable bonds is 5. The van der Waals surface area contributed by atoms with E-state index in [4.69, 9.17) is 0 Å². The van der Waals surface area contributed by atoms with E-state index in [1.54, 1.807) is 6.07 Å². The Morgan fingerprint density at radius 3 is 2.58 bits per heavy atom. The van der Waals surface area contributed by atoms with Crippen molar-refractivity contribution in [1.82, 2.24) is 10.3 Å². The van der Waals surface area contributed by atoms with Crippen molar-refractivity contribution in [2.45, 2.75) is 26.4 Å². The van der Waals surface area contributed by atoms with Crippen molar-refractivity contribution in [3.8, 4) is 0 Å². The van der Waals surface area contributed by atoms with Crippen molar-refractivity contribution < 1.29 is 8.78 Å². The zero-order chi connectivity index (χ0) is 13.7. The van der Waals surface area contributed by atoms with Gasteiger partial charge in [0.25, 0.3) is 6.43 Å². The van der Waals surface area contributed by atoms with E-state index >= 15 is 0 Å². The lowest BCUT2D eigenvalue weighted by Crippen LogP contribution is -2.13. The molecule has 0 aliphatic carbocycles. The van der Waals surface area contributed by atoms with Crippen LogP contribution in [0.4, 0.5) is 8.78 Å². The number of aryl methyl sites for hydroxylation is 1. The van der Waals surface area contributed by atoms with Crippen LogP contribution in [0.15, 0.2) is 42.6 Å². The maximum Gasteiger partial charge on any atom is 0.263 e. The Kier molecular flexibility index (Phi) is 4.58. The lowest BCUT2D eigenvalue weighted by molar-refractivity contribution is 0.151. The highest BCUT2D eigenvalue weighted by atomic mass is 19.3. The maximum absolute atomic E-state index is 12.5. The van der Waals surface area contributed by atoms with E-state index in [0.29, 0.717) is 13.1 Å². The molecule has 1 aromatic heterocycles. The molecule has 1 N–H and O–H groups in total. The second kappa shape index (κ2) is 6.38. The summed E-state index contributed by atoms with van der Waals surface area (Å²) in [5, 5.41) is 3.22. The summed E-state index contributed by atoms with van der Waals surface area (Å²) in [6.07, 6.45) is -0.598. The van der Waals surface area contributed by atoms with Gasteiger partial charge < -0.3 is 5.32 Å². The smallest absolute Gasteiger partial charge is 0.263 e. The van der Waals surface area contributed by atoms with Crippen LogP contribution in [-0.2, 0) is 13.1 Å². The molecule has 0 atom stereocenters. The van der Waals surface area contributed by atoms with E-state index in [-0.39, 0.29) is 5.56 Å². The van der Waals surface area contributed by atoms with Crippen LogP contribution in [-0.4, -0.2) is 4.98 Å². The monoisotopic (exact) mass is 262 g/mol. The first-order valence-electron chi connectivity index (χ1n) is 6.14. The first-order chi connectivity index (χ1) is 9.15. The fraction of sp³-hybridized carbons (Fsp3) is 0.267. The fourth-order valence-corrected chi connectivity index (χ4v) is 1.79. The van der Waals surface area contributed by atoms with Gasteiger partial charge in [-0.3, -0.25) is 4.98 Å². The third-order valence-electron chi connectivity index (χ3n) is 2.83. The van der Waals surface area contributed by atoms with E-state index in [9.17, 15) is 8.78 Å². The Morgan fingerprint density at radius 2 is 1.89 bits per heavy atom. The summed E-state index contributed by atoms with van der Waals surface area (Å²) in [5.41, 5.74) is 2.98. The number of pyridine rings is 1. The summed E-state index contributed by atoms with van der Waals surface area (Å²) in [5.74, 6) is 0. The Morgan fingerprint density at radius 1 is 1.11 bits per heavy atom. The molecule has 19 heavy (non-hydrogen) atoms. The van der Waals surface area contributed by atoms with E-state index in [2.05, 4.69) is 10.3 Å². The van der Waals surface area contributed by atoms with Gasteiger partial charge in [0.1, 0.15) is 0 Å². The lowest BCUT2D eigenvalue weighted by atomic mass is 10.1. The van der Waals surface area contributed by atoms with Gasteiger partial charge in [-0.25, -0.2) is 8.78 Å². The summed E-state index contributed by atoms with van der Waals surface area (Å²) in [6.45, 7) is 3.17. The van der Waals surface area contributed by atoms with Crippen molar-refractivity contribution in [1.29, 1.82) is 0 Å². The van der Waals surface area contributed by atoms with Crippen LogP contribution >= 0.6 is 0 Å². The average Bonchev–Trinajstić information content (AvgIpc) is 2.41. The predicted molar refractivity (Wildman–Crippen MR) is 70.9 cm³/mol. The quantitative estimate of drug-likeness (QED) is 0.890. The van der Waals surface area contributed by atoms with E-state index in [1.165, 1.54) is 12.1 Å². The summed E-state index contributed by atoms with van der Waals surface area (Å²) < 4.78 is 25.1. The number of benzene rings is 1. The SMILES string of the molecule is Cc1ccc(CNCc2cccc(C(F)F)c2)cn1. The molecular weight excluding hydrogens is 246 g/mol. The predicted octanol–water partition coefficient (Wildman–Crippen LogP) is 3.62. The van der Waals surface area contributed by atoms with Gasteiger partial charge in [-0.1, -0.05) is 24.3 Å². The third kappa shape index (κ3) is 4.10. The number of nitrogens with zero attached hydrogens (tertiary/aromatic N) is 1. The number of aromatic nitrogens is 1. The van der Waals surface area contributed by atoms with Gasteiger partial charge in [0, 0.05) is 30.5 Å². The standard InChI is InChI=1S/C15H16F2N2/c1-11-5-6-13(10-19-11)9-18-8-12-3-2-4-14(7-12)15(16)17/h2-7,10,15,18H,8-9H2,1H3. The first kappa shape index (κ1) is 13.6. The van der Waals surface area contributed by atoms with Gasteiger partial charge >= 0.3 is 0 Å². The Hall–Kier alpha value is -1.81. The number of halogens is 2. The van der Waals surface area contributed by atoms with Crippen LogP contribution in [0.3, 0.4) is 0 Å². The Bertz CT molecular complexity index is 524. The first-order valence-corrected chi connectivity index (χ1v) is 6.14. The molecule has 1 aromatic carbocycles. The average molecular weight is 262 g/mol. The molecule has 100 valence electrons. The van der Waals surface area contributed by atoms with Crippen LogP contribution in [0.1, 0.15) is 28.8 Å². The van der Waals surface area contributed by atoms with Gasteiger partial charge in [-0.05, 0) is 30.2 Å². The molecule has 2 aromatic rings. The molecule has 0 saturated carbocycles. The van der Waals surface area contributed by atoms with Gasteiger partial charge in [0.15, 0.2) is 0 Å². The van der Waals surface area contributed by atoms with Crippen LogP contribution in [0.2, 0.25) is 0 Å². The van der Waals surface area contributed by atoms with Crippen LogP contribution < -0.4 is 5.32 Å². The molecule has 0 unspecified atom stereocenters. The number of alkyl halides is 2. The summed E-state index contributed by atoms with van der Waals surface area (Å²) in [7, 11) is 0. The highest BCUT2D eigenvalue weighted by Gasteiger charge is 2.06. The lowest BCUT2D eigenvalue weighted by Gasteiger charge is -2.07. The molecule has 0 radical (unpaired) electrons. The normalized spacial score (nSPS) is 10.9. The van der Waals surface area contributed by atoms with Gasteiger partial charge in [0.05, 0.1) is 0 Å². The maximum atomic E-state index is 12.5. The zero-order valence-electron chi connectivity index (χ0n) is 10.7. The molecule has 0 aliphatic rings. The second-order valence-corrected chi connectivity index (χ2v) is 4.46. The van der Waals surface area contributed by atoms with Gasteiger partial charge in [-0.2, -0.15) is 0 Å². The molecule has 0 saturated heterocycles. The molecular formula is C15H16F2N2.